The van der Waals surface area contributed by atoms with E-state index in [1.54, 1.807) is 11.9 Å². The van der Waals surface area contributed by atoms with Gasteiger partial charge in [-0.25, -0.2) is 4.98 Å². The van der Waals surface area contributed by atoms with E-state index in [0.29, 0.717) is 13.1 Å². The quantitative estimate of drug-likeness (QED) is 0.635. The Labute approximate surface area is 115 Å². The molecule has 0 aromatic carbocycles. The number of nitrogens with two attached hydrogens (primary N) is 1. The van der Waals surface area contributed by atoms with Crippen molar-refractivity contribution in [2.75, 3.05) is 39.1 Å². The van der Waals surface area contributed by atoms with Crippen LogP contribution in [0.25, 0.3) is 0 Å². The number of nitrogens with one attached hydrogen (secondary N) is 1. The van der Waals surface area contributed by atoms with Gasteiger partial charge in [0.05, 0.1) is 5.56 Å². The van der Waals surface area contributed by atoms with Gasteiger partial charge in [0.25, 0.3) is 0 Å². The maximum atomic E-state index is 12.7. The number of halogens is 3. The van der Waals surface area contributed by atoms with E-state index in [-0.39, 0.29) is 17.2 Å². The first-order chi connectivity index (χ1) is 9.12. The SMILES string of the molecule is CN(C)CCN(C)c1nc(C(F)(F)F)ccc1C(=N)N. The largest absolute Gasteiger partial charge is 0.433 e. The summed E-state index contributed by atoms with van der Waals surface area (Å²) in [5.41, 5.74) is 4.59. The van der Waals surface area contributed by atoms with Gasteiger partial charge in [-0.05, 0) is 26.2 Å². The average Bonchev–Trinajstić information content (AvgIpc) is 2.33. The van der Waals surface area contributed by atoms with Crippen molar-refractivity contribution in [3.63, 3.8) is 0 Å². The molecular weight excluding hydrogens is 271 g/mol. The Bertz CT molecular complexity index is 484. The van der Waals surface area contributed by atoms with Gasteiger partial charge < -0.3 is 15.5 Å². The molecule has 3 N–H and O–H groups in total. The molecule has 0 saturated heterocycles. The molecule has 20 heavy (non-hydrogen) atoms. The van der Waals surface area contributed by atoms with Crippen LogP contribution in [0.15, 0.2) is 12.1 Å². The Balaban J connectivity index is 3.15. The number of hydrogen-bond donors (Lipinski definition) is 2. The van der Waals surface area contributed by atoms with Crippen LogP contribution in [0.5, 0.6) is 0 Å². The van der Waals surface area contributed by atoms with Crippen molar-refractivity contribution in [3.05, 3.63) is 23.4 Å². The molecule has 8 heteroatoms. The molecule has 0 radical (unpaired) electrons. The number of pyridine rings is 1. The van der Waals surface area contributed by atoms with Crippen LogP contribution in [0.2, 0.25) is 0 Å². The van der Waals surface area contributed by atoms with E-state index in [0.717, 1.165) is 6.07 Å². The Morgan fingerprint density at radius 2 is 1.85 bits per heavy atom. The molecule has 1 aromatic rings. The number of nitrogen functional groups attached to an aromatic ring is 1. The molecule has 112 valence electrons. The Morgan fingerprint density at radius 3 is 2.30 bits per heavy atom. The van der Waals surface area contributed by atoms with Crippen molar-refractivity contribution in [2.24, 2.45) is 5.73 Å². The molecule has 0 aliphatic rings. The highest BCUT2D eigenvalue weighted by Gasteiger charge is 2.33. The normalized spacial score (nSPS) is 11.8. The first-order valence-corrected chi connectivity index (χ1v) is 5.91. The first-order valence-electron chi connectivity index (χ1n) is 5.91. The summed E-state index contributed by atoms with van der Waals surface area (Å²) in [5.74, 6) is -0.243. The Hall–Kier alpha value is -1.83. The molecule has 1 heterocycles. The molecular formula is C12H18F3N5. The molecule has 0 bridgehead atoms. The highest BCUT2D eigenvalue weighted by molar-refractivity contribution is 5.99. The van der Waals surface area contributed by atoms with Crippen LogP contribution < -0.4 is 10.6 Å². The second-order valence-electron chi connectivity index (χ2n) is 4.70. The van der Waals surface area contributed by atoms with Crippen LogP contribution in [0.1, 0.15) is 11.3 Å². The molecule has 0 atom stereocenters. The monoisotopic (exact) mass is 289 g/mol. The Kier molecular flexibility index (Phi) is 4.93. The number of aromatic nitrogens is 1. The zero-order chi connectivity index (χ0) is 15.5. The standard InChI is InChI=1S/C12H18F3N5/c1-19(2)6-7-20(3)11-8(10(16)17)4-5-9(18-11)12(13,14)15/h4-5H,6-7H2,1-3H3,(H3,16,17). The van der Waals surface area contributed by atoms with Crippen LogP contribution in [0.4, 0.5) is 19.0 Å². The van der Waals surface area contributed by atoms with E-state index in [1.165, 1.54) is 6.07 Å². The van der Waals surface area contributed by atoms with E-state index >= 15 is 0 Å². The predicted octanol–water partition coefficient (Wildman–Crippen LogP) is 1.38. The number of nitrogens with zero attached hydrogens (tertiary/aromatic N) is 3. The van der Waals surface area contributed by atoms with Crippen LogP contribution in [0.3, 0.4) is 0 Å². The number of anilines is 1. The number of likely N-dealkylation sites (N-methyl/N-ethyl adjacent to an activating group) is 2. The van der Waals surface area contributed by atoms with Gasteiger partial charge in [0.2, 0.25) is 0 Å². The molecule has 1 aromatic heterocycles. The number of alkyl halides is 3. The maximum absolute atomic E-state index is 12.7. The van der Waals surface area contributed by atoms with E-state index < -0.39 is 11.9 Å². The molecule has 0 aliphatic carbocycles. The van der Waals surface area contributed by atoms with Gasteiger partial charge in [0.15, 0.2) is 0 Å². The van der Waals surface area contributed by atoms with Crippen molar-refractivity contribution >= 4 is 11.7 Å². The summed E-state index contributed by atoms with van der Waals surface area (Å²) in [4.78, 5) is 7.07. The predicted molar refractivity (Wildman–Crippen MR) is 72.1 cm³/mol. The first kappa shape index (κ1) is 16.2. The van der Waals surface area contributed by atoms with Gasteiger partial charge in [0.1, 0.15) is 17.3 Å². The molecule has 0 aliphatic heterocycles. The minimum Gasteiger partial charge on any atom is -0.384 e. The smallest absolute Gasteiger partial charge is 0.384 e. The summed E-state index contributed by atoms with van der Waals surface area (Å²) in [6, 6.07) is 2.01. The van der Waals surface area contributed by atoms with Crippen LogP contribution in [0, 0.1) is 5.41 Å². The molecule has 5 nitrogen and oxygen atoms in total. The van der Waals surface area contributed by atoms with Gasteiger partial charge in [-0.3, -0.25) is 5.41 Å². The van der Waals surface area contributed by atoms with Crippen molar-refractivity contribution in [1.29, 1.82) is 5.41 Å². The molecule has 0 fully saturated rings. The lowest BCUT2D eigenvalue weighted by molar-refractivity contribution is -0.141. The van der Waals surface area contributed by atoms with E-state index in [4.69, 9.17) is 11.1 Å². The molecule has 0 saturated carbocycles. The van der Waals surface area contributed by atoms with Crippen molar-refractivity contribution in [3.8, 4) is 0 Å². The van der Waals surface area contributed by atoms with Crippen LogP contribution in [-0.2, 0) is 6.18 Å². The maximum Gasteiger partial charge on any atom is 0.433 e. The van der Waals surface area contributed by atoms with Gasteiger partial charge in [-0.2, -0.15) is 13.2 Å². The summed E-state index contributed by atoms with van der Waals surface area (Å²) in [6.07, 6.45) is -4.52. The van der Waals surface area contributed by atoms with Crippen molar-refractivity contribution in [2.45, 2.75) is 6.18 Å². The van der Waals surface area contributed by atoms with Gasteiger partial charge in [-0.1, -0.05) is 0 Å². The van der Waals surface area contributed by atoms with Gasteiger partial charge >= 0.3 is 6.18 Å². The highest BCUT2D eigenvalue weighted by Crippen LogP contribution is 2.30. The second-order valence-corrected chi connectivity index (χ2v) is 4.70. The summed E-state index contributed by atoms with van der Waals surface area (Å²) in [5, 5.41) is 7.43. The third-order valence-electron chi connectivity index (χ3n) is 2.70. The van der Waals surface area contributed by atoms with Crippen molar-refractivity contribution < 1.29 is 13.2 Å². The summed E-state index contributed by atoms with van der Waals surface area (Å²) >= 11 is 0. The summed E-state index contributed by atoms with van der Waals surface area (Å²) in [6.45, 7) is 1.12. The molecule has 1 rings (SSSR count). The third-order valence-corrected chi connectivity index (χ3v) is 2.70. The zero-order valence-corrected chi connectivity index (χ0v) is 11.6. The minimum absolute atomic E-state index is 0.0641. The number of rotatable bonds is 5. The lowest BCUT2D eigenvalue weighted by Gasteiger charge is -2.23. The fraction of sp³-hybridized carbons (Fsp3) is 0.500. The van der Waals surface area contributed by atoms with Crippen molar-refractivity contribution in [1.82, 2.24) is 9.88 Å². The fourth-order valence-corrected chi connectivity index (χ4v) is 1.56. The fourth-order valence-electron chi connectivity index (χ4n) is 1.56. The zero-order valence-electron chi connectivity index (χ0n) is 11.6. The number of hydrogen-bond acceptors (Lipinski definition) is 4. The average molecular weight is 289 g/mol. The lowest BCUT2D eigenvalue weighted by atomic mass is 10.2. The number of amidine groups is 1. The second kappa shape index (κ2) is 6.08. The van der Waals surface area contributed by atoms with E-state index in [2.05, 4.69) is 4.98 Å². The molecule has 0 unspecified atom stereocenters. The van der Waals surface area contributed by atoms with Crippen LogP contribution in [-0.4, -0.2) is 50.0 Å². The third kappa shape index (κ3) is 4.09. The van der Waals surface area contributed by atoms with E-state index in [1.807, 2.05) is 19.0 Å². The van der Waals surface area contributed by atoms with E-state index in [9.17, 15) is 13.2 Å². The Morgan fingerprint density at radius 1 is 1.25 bits per heavy atom. The van der Waals surface area contributed by atoms with Gasteiger partial charge in [0, 0.05) is 20.1 Å². The van der Waals surface area contributed by atoms with Crippen LogP contribution >= 0.6 is 0 Å². The molecule has 0 amide bonds. The highest BCUT2D eigenvalue weighted by atomic mass is 19.4. The minimum atomic E-state index is -4.52. The summed E-state index contributed by atoms with van der Waals surface area (Å²) < 4.78 is 38.1. The topological polar surface area (TPSA) is 69.2 Å². The summed E-state index contributed by atoms with van der Waals surface area (Å²) in [7, 11) is 5.34. The lowest BCUT2D eigenvalue weighted by Crippen LogP contribution is -2.31. The van der Waals surface area contributed by atoms with Gasteiger partial charge in [-0.15, -0.1) is 0 Å². The molecule has 0 spiro atoms.